The van der Waals surface area contributed by atoms with Gasteiger partial charge in [-0.15, -0.1) is 0 Å². The smallest absolute Gasteiger partial charge is 0.303 e. The lowest BCUT2D eigenvalue weighted by atomic mass is 10.1. The van der Waals surface area contributed by atoms with E-state index in [1.54, 1.807) is 6.92 Å². The van der Waals surface area contributed by atoms with E-state index in [9.17, 15) is 4.79 Å². The summed E-state index contributed by atoms with van der Waals surface area (Å²) in [7, 11) is 0. The minimum atomic E-state index is -0.399. The lowest BCUT2D eigenvalue weighted by Gasteiger charge is -2.18. The molecule has 2 aliphatic heterocycles. The summed E-state index contributed by atoms with van der Waals surface area (Å²) in [5, 5.41) is 0. The SMILES string of the molecule is CC(=O)O[C@@H]1[C@@H](C)OC2OC(C)O[C@@H]21. The van der Waals surface area contributed by atoms with E-state index in [1.807, 2.05) is 6.92 Å². The Labute approximate surface area is 82.3 Å². The molecule has 5 heteroatoms. The van der Waals surface area contributed by atoms with E-state index in [2.05, 4.69) is 0 Å². The molecule has 2 saturated heterocycles. The number of fused-ring (bicyclic) bond motifs is 1. The molecular formula is C9H14O5. The van der Waals surface area contributed by atoms with Crippen molar-refractivity contribution in [3.63, 3.8) is 0 Å². The summed E-state index contributed by atoms with van der Waals surface area (Å²) < 4.78 is 21.3. The maximum atomic E-state index is 10.8. The summed E-state index contributed by atoms with van der Waals surface area (Å²) in [6.07, 6.45) is -1.52. The van der Waals surface area contributed by atoms with Gasteiger partial charge in [-0.25, -0.2) is 0 Å². The second-order valence-electron chi connectivity index (χ2n) is 3.59. The minimum Gasteiger partial charge on any atom is -0.457 e. The number of hydrogen-bond donors (Lipinski definition) is 0. The van der Waals surface area contributed by atoms with Gasteiger partial charge < -0.3 is 18.9 Å². The molecule has 0 aromatic rings. The second-order valence-corrected chi connectivity index (χ2v) is 3.59. The molecule has 14 heavy (non-hydrogen) atoms. The average Bonchev–Trinajstić information content (AvgIpc) is 2.51. The van der Waals surface area contributed by atoms with Crippen molar-refractivity contribution in [1.82, 2.24) is 0 Å². The third-order valence-corrected chi connectivity index (χ3v) is 2.38. The van der Waals surface area contributed by atoms with Crippen LogP contribution in [0.3, 0.4) is 0 Å². The van der Waals surface area contributed by atoms with Crippen LogP contribution in [0.4, 0.5) is 0 Å². The topological polar surface area (TPSA) is 54.0 Å². The second kappa shape index (κ2) is 3.49. The molecule has 0 spiro atoms. The Hall–Kier alpha value is -0.650. The zero-order chi connectivity index (χ0) is 10.3. The minimum absolute atomic E-state index is 0.179. The van der Waals surface area contributed by atoms with Crippen LogP contribution in [0.15, 0.2) is 0 Å². The molecule has 2 unspecified atom stereocenters. The molecule has 0 amide bonds. The van der Waals surface area contributed by atoms with Crippen molar-refractivity contribution < 1.29 is 23.7 Å². The number of rotatable bonds is 1. The van der Waals surface area contributed by atoms with Crippen LogP contribution in [0.2, 0.25) is 0 Å². The molecule has 5 nitrogen and oxygen atoms in total. The van der Waals surface area contributed by atoms with Crippen molar-refractivity contribution in [1.29, 1.82) is 0 Å². The molecule has 0 N–H and O–H groups in total. The van der Waals surface area contributed by atoms with Crippen LogP contribution in [-0.4, -0.2) is 36.9 Å². The average molecular weight is 202 g/mol. The molecule has 0 radical (unpaired) electrons. The van der Waals surface area contributed by atoms with Crippen LogP contribution >= 0.6 is 0 Å². The van der Waals surface area contributed by atoms with Crippen molar-refractivity contribution in [2.24, 2.45) is 0 Å². The molecule has 2 fully saturated rings. The molecule has 2 rings (SSSR count). The molecule has 80 valence electrons. The fourth-order valence-electron chi connectivity index (χ4n) is 1.84. The lowest BCUT2D eigenvalue weighted by Crippen LogP contribution is -2.35. The summed E-state index contributed by atoms with van der Waals surface area (Å²) in [6, 6.07) is 0. The number of esters is 1. The summed E-state index contributed by atoms with van der Waals surface area (Å²) >= 11 is 0. The number of carbonyl (C=O) groups excluding carboxylic acids is 1. The van der Waals surface area contributed by atoms with Crippen LogP contribution in [0.5, 0.6) is 0 Å². The predicted molar refractivity (Wildman–Crippen MR) is 45.3 cm³/mol. The van der Waals surface area contributed by atoms with Gasteiger partial charge in [-0.05, 0) is 13.8 Å². The predicted octanol–water partition coefficient (Wildman–Crippen LogP) is 0.424. The molecule has 2 heterocycles. The number of carbonyl (C=O) groups is 1. The van der Waals surface area contributed by atoms with E-state index in [1.165, 1.54) is 6.92 Å². The third-order valence-electron chi connectivity index (χ3n) is 2.38. The molecule has 0 bridgehead atoms. The Bertz CT molecular complexity index is 241. The Morgan fingerprint density at radius 3 is 2.57 bits per heavy atom. The van der Waals surface area contributed by atoms with Crippen LogP contribution in [0.25, 0.3) is 0 Å². The zero-order valence-corrected chi connectivity index (χ0v) is 8.43. The van der Waals surface area contributed by atoms with E-state index >= 15 is 0 Å². The monoisotopic (exact) mass is 202 g/mol. The summed E-state index contributed by atoms with van der Waals surface area (Å²) in [6.45, 7) is 5.00. The maximum Gasteiger partial charge on any atom is 0.303 e. The van der Waals surface area contributed by atoms with Gasteiger partial charge in [0.05, 0.1) is 6.10 Å². The molecule has 5 atom stereocenters. The van der Waals surface area contributed by atoms with Gasteiger partial charge in [0.15, 0.2) is 24.8 Å². The van der Waals surface area contributed by atoms with Gasteiger partial charge in [0.25, 0.3) is 0 Å². The number of hydrogen-bond acceptors (Lipinski definition) is 5. The standard InChI is InChI=1S/C9H14O5/c1-4-7(12-5(2)10)8-9(11-4)14-6(3)13-8/h4,6-9H,1-3H3/t4-,6?,7-,8-,9?/m1/s1. The zero-order valence-electron chi connectivity index (χ0n) is 8.43. The molecule has 0 saturated carbocycles. The molecule has 0 aromatic heterocycles. The van der Waals surface area contributed by atoms with Crippen LogP contribution in [-0.2, 0) is 23.7 Å². The highest BCUT2D eigenvalue weighted by atomic mass is 16.8. The number of ether oxygens (including phenoxy) is 4. The first-order chi connectivity index (χ1) is 6.58. The molecule has 2 aliphatic rings. The van der Waals surface area contributed by atoms with Crippen molar-refractivity contribution in [3.8, 4) is 0 Å². The van der Waals surface area contributed by atoms with Gasteiger partial charge in [0.2, 0.25) is 0 Å². The van der Waals surface area contributed by atoms with E-state index in [0.29, 0.717) is 0 Å². The van der Waals surface area contributed by atoms with E-state index < -0.39 is 6.29 Å². The Balaban J connectivity index is 2.04. The van der Waals surface area contributed by atoms with Crippen molar-refractivity contribution in [2.45, 2.75) is 51.7 Å². The third kappa shape index (κ3) is 1.63. The van der Waals surface area contributed by atoms with Gasteiger partial charge in [-0.3, -0.25) is 4.79 Å². The Morgan fingerprint density at radius 2 is 1.93 bits per heavy atom. The highest BCUT2D eigenvalue weighted by molar-refractivity contribution is 5.66. The first-order valence-electron chi connectivity index (χ1n) is 4.71. The lowest BCUT2D eigenvalue weighted by molar-refractivity contribution is -0.172. The molecular weight excluding hydrogens is 188 g/mol. The maximum absolute atomic E-state index is 10.8. The van der Waals surface area contributed by atoms with Gasteiger partial charge in [-0.1, -0.05) is 0 Å². The Kier molecular flexibility index (Phi) is 2.47. The molecule has 0 aromatic carbocycles. The summed E-state index contributed by atoms with van der Waals surface area (Å²) in [5.74, 6) is -0.325. The van der Waals surface area contributed by atoms with Crippen molar-refractivity contribution in [3.05, 3.63) is 0 Å². The van der Waals surface area contributed by atoms with Gasteiger partial charge in [0.1, 0.15) is 0 Å². The van der Waals surface area contributed by atoms with Gasteiger partial charge in [-0.2, -0.15) is 0 Å². The summed E-state index contributed by atoms with van der Waals surface area (Å²) in [4.78, 5) is 10.8. The Morgan fingerprint density at radius 1 is 1.21 bits per heavy atom. The molecule has 0 aliphatic carbocycles. The van der Waals surface area contributed by atoms with E-state index in [4.69, 9.17) is 18.9 Å². The van der Waals surface area contributed by atoms with Crippen LogP contribution < -0.4 is 0 Å². The highest BCUT2D eigenvalue weighted by Crippen LogP contribution is 2.33. The fourth-order valence-corrected chi connectivity index (χ4v) is 1.84. The van der Waals surface area contributed by atoms with Crippen LogP contribution in [0.1, 0.15) is 20.8 Å². The van der Waals surface area contributed by atoms with Crippen LogP contribution in [0, 0.1) is 0 Å². The first kappa shape index (κ1) is 9.89. The van der Waals surface area contributed by atoms with Crippen molar-refractivity contribution in [2.75, 3.05) is 0 Å². The van der Waals surface area contributed by atoms with E-state index in [0.717, 1.165) is 0 Å². The highest BCUT2D eigenvalue weighted by Gasteiger charge is 2.51. The normalized spacial score (nSPS) is 46.4. The largest absolute Gasteiger partial charge is 0.457 e. The fraction of sp³-hybridized carbons (Fsp3) is 0.889. The van der Waals surface area contributed by atoms with Crippen molar-refractivity contribution >= 4 is 5.97 Å². The summed E-state index contributed by atoms with van der Waals surface area (Å²) in [5.41, 5.74) is 0. The van der Waals surface area contributed by atoms with E-state index in [-0.39, 0.29) is 30.6 Å². The quantitative estimate of drug-likeness (QED) is 0.577. The van der Waals surface area contributed by atoms with Gasteiger partial charge in [0, 0.05) is 6.92 Å². The first-order valence-corrected chi connectivity index (χ1v) is 4.71. The van der Waals surface area contributed by atoms with Gasteiger partial charge >= 0.3 is 5.97 Å².